The summed E-state index contributed by atoms with van der Waals surface area (Å²) in [6, 6.07) is 13.9. The Morgan fingerprint density at radius 3 is 2.70 bits per heavy atom. The summed E-state index contributed by atoms with van der Waals surface area (Å²) in [6.45, 7) is 3.55. The van der Waals surface area contributed by atoms with Crippen molar-refractivity contribution >= 4 is 12.0 Å². The number of benzene rings is 2. The predicted octanol–water partition coefficient (Wildman–Crippen LogP) is 3.69. The van der Waals surface area contributed by atoms with E-state index in [1.54, 1.807) is 18.2 Å². The first-order valence-corrected chi connectivity index (χ1v) is 7.55. The van der Waals surface area contributed by atoms with Crippen LogP contribution in [0.25, 0.3) is 6.08 Å². The molecule has 0 spiro atoms. The highest BCUT2D eigenvalue weighted by Gasteiger charge is 2.03. The third-order valence-electron chi connectivity index (χ3n) is 3.31. The number of ether oxygens (including phenoxy) is 1. The molecule has 3 nitrogen and oxygen atoms in total. The first-order valence-electron chi connectivity index (χ1n) is 7.55. The van der Waals surface area contributed by atoms with E-state index in [0.29, 0.717) is 25.3 Å². The minimum Gasteiger partial charge on any atom is -0.377 e. The van der Waals surface area contributed by atoms with Crippen LogP contribution in [0, 0.1) is 5.82 Å². The SMILES string of the molecule is CCOCc1ccccc1CNC(=O)/C=C/c1cccc(F)c1. The van der Waals surface area contributed by atoms with Gasteiger partial charge in [-0.05, 0) is 41.8 Å². The van der Waals surface area contributed by atoms with Crippen molar-refractivity contribution in [3.63, 3.8) is 0 Å². The largest absolute Gasteiger partial charge is 0.377 e. The lowest BCUT2D eigenvalue weighted by molar-refractivity contribution is -0.116. The van der Waals surface area contributed by atoms with E-state index in [-0.39, 0.29) is 11.7 Å². The third-order valence-corrected chi connectivity index (χ3v) is 3.31. The van der Waals surface area contributed by atoms with Crippen molar-refractivity contribution in [3.8, 4) is 0 Å². The smallest absolute Gasteiger partial charge is 0.244 e. The maximum Gasteiger partial charge on any atom is 0.244 e. The number of carbonyl (C=O) groups excluding carboxylic acids is 1. The van der Waals surface area contributed by atoms with Crippen molar-refractivity contribution in [1.29, 1.82) is 0 Å². The molecular weight excluding hydrogens is 293 g/mol. The quantitative estimate of drug-likeness (QED) is 0.792. The first kappa shape index (κ1) is 16.9. The predicted molar refractivity (Wildman–Crippen MR) is 89.1 cm³/mol. The molecule has 4 heteroatoms. The summed E-state index contributed by atoms with van der Waals surface area (Å²) in [6.07, 6.45) is 2.99. The van der Waals surface area contributed by atoms with Gasteiger partial charge in [0.25, 0.3) is 0 Å². The van der Waals surface area contributed by atoms with Crippen LogP contribution in [0.4, 0.5) is 4.39 Å². The van der Waals surface area contributed by atoms with Crippen LogP contribution in [0.1, 0.15) is 23.6 Å². The number of rotatable bonds is 7. The molecule has 23 heavy (non-hydrogen) atoms. The van der Waals surface area contributed by atoms with E-state index in [2.05, 4.69) is 5.32 Å². The zero-order valence-corrected chi connectivity index (χ0v) is 13.1. The van der Waals surface area contributed by atoms with Crippen molar-refractivity contribution in [2.75, 3.05) is 6.61 Å². The summed E-state index contributed by atoms with van der Waals surface area (Å²) in [7, 11) is 0. The zero-order chi connectivity index (χ0) is 16.5. The van der Waals surface area contributed by atoms with Gasteiger partial charge in [0.1, 0.15) is 5.82 Å². The van der Waals surface area contributed by atoms with Crippen LogP contribution in [-0.4, -0.2) is 12.5 Å². The number of hydrogen-bond donors (Lipinski definition) is 1. The van der Waals surface area contributed by atoms with Gasteiger partial charge in [-0.3, -0.25) is 4.79 Å². The van der Waals surface area contributed by atoms with Crippen molar-refractivity contribution in [2.45, 2.75) is 20.1 Å². The standard InChI is InChI=1S/C19H20FNO2/c1-2-23-14-17-8-4-3-7-16(17)13-21-19(22)11-10-15-6-5-9-18(20)12-15/h3-12H,2,13-14H2,1H3,(H,21,22)/b11-10+. The summed E-state index contributed by atoms with van der Waals surface area (Å²) in [5.74, 6) is -0.544. The molecular formula is C19H20FNO2. The fourth-order valence-corrected chi connectivity index (χ4v) is 2.11. The maximum atomic E-state index is 13.1. The van der Waals surface area contributed by atoms with Crippen LogP contribution in [0.2, 0.25) is 0 Å². The number of hydrogen-bond acceptors (Lipinski definition) is 2. The molecule has 0 saturated carbocycles. The molecule has 0 aliphatic rings. The lowest BCUT2D eigenvalue weighted by atomic mass is 10.1. The van der Waals surface area contributed by atoms with Crippen LogP contribution >= 0.6 is 0 Å². The first-order chi connectivity index (χ1) is 11.2. The Hall–Kier alpha value is -2.46. The second kappa shape index (κ2) is 8.86. The number of carbonyl (C=O) groups is 1. The lowest BCUT2D eigenvalue weighted by Gasteiger charge is -2.09. The van der Waals surface area contributed by atoms with Gasteiger partial charge in [-0.15, -0.1) is 0 Å². The highest BCUT2D eigenvalue weighted by atomic mass is 19.1. The topological polar surface area (TPSA) is 38.3 Å². The number of nitrogens with one attached hydrogen (secondary N) is 1. The number of amides is 1. The van der Waals surface area contributed by atoms with E-state index < -0.39 is 0 Å². The Bertz CT molecular complexity index is 683. The Kier molecular flexibility index (Phi) is 6.51. The fourth-order valence-electron chi connectivity index (χ4n) is 2.11. The molecule has 0 aliphatic carbocycles. The highest BCUT2D eigenvalue weighted by Crippen LogP contribution is 2.10. The number of halogens is 1. The van der Waals surface area contributed by atoms with Gasteiger partial charge in [-0.1, -0.05) is 36.4 Å². The van der Waals surface area contributed by atoms with Gasteiger partial charge in [0.2, 0.25) is 5.91 Å². The molecule has 0 atom stereocenters. The maximum absolute atomic E-state index is 13.1. The Morgan fingerprint density at radius 2 is 1.96 bits per heavy atom. The average molecular weight is 313 g/mol. The molecule has 0 aromatic heterocycles. The van der Waals surface area contributed by atoms with E-state index in [4.69, 9.17) is 4.74 Å². The van der Waals surface area contributed by atoms with E-state index >= 15 is 0 Å². The molecule has 2 rings (SSSR count). The summed E-state index contributed by atoms with van der Waals surface area (Å²) in [4.78, 5) is 11.9. The van der Waals surface area contributed by atoms with Crippen LogP contribution in [-0.2, 0) is 22.7 Å². The van der Waals surface area contributed by atoms with Gasteiger partial charge >= 0.3 is 0 Å². The Labute approximate surface area is 135 Å². The third kappa shape index (κ3) is 5.68. The minimum absolute atomic E-state index is 0.222. The second-order valence-electron chi connectivity index (χ2n) is 5.01. The monoisotopic (exact) mass is 313 g/mol. The van der Waals surface area contributed by atoms with Gasteiger partial charge in [0, 0.05) is 19.2 Å². The van der Waals surface area contributed by atoms with E-state index in [9.17, 15) is 9.18 Å². The highest BCUT2D eigenvalue weighted by molar-refractivity contribution is 5.91. The van der Waals surface area contributed by atoms with E-state index in [1.807, 2.05) is 31.2 Å². The molecule has 1 amide bonds. The Balaban J connectivity index is 1.92. The molecule has 0 fully saturated rings. The summed E-state index contributed by atoms with van der Waals surface area (Å²) in [5, 5.41) is 2.83. The summed E-state index contributed by atoms with van der Waals surface area (Å²) >= 11 is 0. The molecule has 0 bridgehead atoms. The average Bonchev–Trinajstić information content (AvgIpc) is 2.57. The van der Waals surface area contributed by atoms with Crippen molar-refractivity contribution in [1.82, 2.24) is 5.32 Å². The molecule has 2 aromatic carbocycles. The second-order valence-corrected chi connectivity index (χ2v) is 5.01. The molecule has 0 saturated heterocycles. The van der Waals surface area contributed by atoms with E-state index in [1.165, 1.54) is 18.2 Å². The van der Waals surface area contributed by atoms with Crippen molar-refractivity contribution in [2.24, 2.45) is 0 Å². The normalized spacial score (nSPS) is 10.9. The lowest BCUT2D eigenvalue weighted by Crippen LogP contribution is -2.21. The molecule has 0 radical (unpaired) electrons. The molecule has 2 aromatic rings. The molecule has 120 valence electrons. The fraction of sp³-hybridized carbons (Fsp3) is 0.211. The van der Waals surface area contributed by atoms with Crippen molar-refractivity contribution in [3.05, 3.63) is 77.1 Å². The van der Waals surface area contributed by atoms with Gasteiger partial charge in [0.05, 0.1) is 6.61 Å². The minimum atomic E-state index is -0.322. The van der Waals surface area contributed by atoms with Gasteiger partial charge in [-0.25, -0.2) is 4.39 Å². The summed E-state index contributed by atoms with van der Waals surface area (Å²) < 4.78 is 18.5. The van der Waals surface area contributed by atoms with Crippen LogP contribution in [0.3, 0.4) is 0 Å². The summed E-state index contributed by atoms with van der Waals surface area (Å²) in [5.41, 5.74) is 2.73. The van der Waals surface area contributed by atoms with Crippen molar-refractivity contribution < 1.29 is 13.9 Å². The van der Waals surface area contributed by atoms with E-state index in [0.717, 1.165) is 11.1 Å². The zero-order valence-electron chi connectivity index (χ0n) is 13.1. The van der Waals surface area contributed by atoms with Gasteiger partial charge in [0.15, 0.2) is 0 Å². The molecule has 0 unspecified atom stereocenters. The molecule has 1 N–H and O–H groups in total. The molecule has 0 heterocycles. The molecule has 0 aliphatic heterocycles. The van der Waals surface area contributed by atoms with Crippen LogP contribution < -0.4 is 5.32 Å². The Morgan fingerprint density at radius 1 is 1.17 bits per heavy atom. The van der Waals surface area contributed by atoms with Gasteiger partial charge < -0.3 is 10.1 Å². The van der Waals surface area contributed by atoms with Crippen LogP contribution in [0.5, 0.6) is 0 Å². The van der Waals surface area contributed by atoms with Gasteiger partial charge in [-0.2, -0.15) is 0 Å². The van der Waals surface area contributed by atoms with Crippen LogP contribution in [0.15, 0.2) is 54.6 Å².